The highest BCUT2D eigenvalue weighted by molar-refractivity contribution is 6.15. The number of rotatable bonds is 6. The minimum atomic E-state index is -0.211. The van der Waals surface area contributed by atoms with Gasteiger partial charge in [-0.2, -0.15) is 0 Å². The quantitative estimate of drug-likeness (QED) is 0.469. The number of aromatic nitrogens is 1. The van der Waals surface area contributed by atoms with Crippen LogP contribution in [-0.2, 0) is 17.9 Å². The Balaban J connectivity index is 1.31. The summed E-state index contributed by atoms with van der Waals surface area (Å²) in [7, 11) is 0. The topological polar surface area (TPSA) is 82.7 Å². The third-order valence-corrected chi connectivity index (χ3v) is 5.39. The summed E-state index contributed by atoms with van der Waals surface area (Å²) in [5.41, 5.74) is 2.24. The molecule has 1 amide bonds. The largest absolute Gasteiger partial charge is 0.490 e. The first-order valence-electron chi connectivity index (χ1n) is 10.5. The first-order chi connectivity index (χ1) is 15.7. The second-order valence-electron chi connectivity index (χ2n) is 7.60. The van der Waals surface area contributed by atoms with E-state index in [-0.39, 0.29) is 24.0 Å². The van der Waals surface area contributed by atoms with Gasteiger partial charge in [0.1, 0.15) is 6.54 Å². The Labute approximate surface area is 184 Å². The summed E-state index contributed by atoms with van der Waals surface area (Å²) in [6.07, 6.45) is 4.03. The van der Waals surface area contributed by atoms with Crippen molar-refractivity contribution in [3.05, 3.63) is 83.9 Å². The summed E-state index contributed by atoms with van der Waals surface area (Å²) in [6, 6.07) is 16.5. The summed E-state index contributed by atoms with van der Waals surface area (Å²) < 4.78 is 18.4. The number of hydrogen-bond donors (Lipinski definition) is 1. The number of nitrogens with zero attached hydrogens (tertiary/aromatic N) is 1. The Kier molecular flexibility index (Phi) is 5.37. The van der Waals surface area contributed by atoms with Crippen molar-refractivity contribution in [2.45, 2.75) is 19.5 Å². The van der Waals surface area contributed by atoms with E-state index in [1.54, 1.807) is 22.9 Å². The zero-order valence-electron chi connectivity index (χ0n) is 17.4. The van der Waals surface area contributed by atoms with Gasteiger partial charge < -0.3 is 23.8 Å². The van der Waals surface area contributed by atoms with Gasteiger partial charge >= 0.3 is 0 Å². The molecular formula is C25H22N2O5. The molecule has 0 saturated heterocycles. The number of furan rings is 1. The highest BCUT2D eigenvalue weighted by Gasteiger charge is 2.19. The maximum absolute atomic E-state index is 12.8. The summed E-state index contributed by atoms with van der Waals surface area (Å²) in [5, 5.41) is 3.72. The van der Waals surface area contributed by atoms with Gasteiger partial charge in [0, 0.05) is 30.1 Å². The number of hydrogen-bond acceptors (Lipinski definition) is 5. The Morgan fingerprint density at radius 1 is 0.969 bits per heavy atom. The molecule has 1 N–H and O–H groups in total. The van der Waals surface area contributed by atoms with Crippen molar-refractivity contribution in [1.82, 2.24) is 9.88 Å². The van der Waals surface area contributed by atoms with Gasteiger partial charge in [-0.1, -0.05) is 24.3 Å². The van der Waals surface area contributed by atoms with Crippen LogP contribution >= 0.6 is 0 Å². The summed E-state index contributed by atoms with van der Waals surface area (Å²) in [5.74, 6) is 1.33. The standard InChI is InChI=1S/C25H22N2O5/c28-24(26-14-17-8-9-21-23(13-17)32-12-4-11-30-21)16-27-15-19(18-5-1-2-6-20(18)27)25(29)22-7-3-10-31-22/h1-3,5-10,13,15H,4,11-12,14,16H2,(H,26,28). The fraction of sp³-hybridized carbons (Fsp3) is 0.200. The first kappa shape index (κ1) is 19.9. The van der Waals surface area contributed by atoms with Crippen LogP contribution in [0, 0.1) is 0 Å². The smallest absolute Gasteiger partial charge is 0.240 e. The van der Waals surface area contributed by atoms with Crippen molar-refractivity contribution >= 4 is 22.6 Å². The van der Waals surface area contributed by atoms with Gasteiger partial charge in [-0.15, -0.1) is 0 Å². The molecule has 7 heteroatoms. The van der Waals surface area contributed by atoms with Gasteiger partial charge in [0.2, 0.25) is 11.7 Å². The fourth-order valence-corrected chi connectivity index (χ4v) is 3.83. The van der Waals surface area contributed by atoms with E-state index in [0.717, 1.165) is 28.6 Å². The molecule has 0 bridgehead atoms. The van der Waals surface area contributed by atoms with Gasteiger partial charge in [-0.25, -0.2) is 0 Å². The van der Waals surface area contributed by atoms with E-state index in [0.29, 0.717) is 31.1 Å². The number of carbonyl (C=O) groups excluding carboxylic acids is 2. The second kappa shape index (κ2) is 8.63. The lowest BCUT2D eigenvalue weighted by Gasteiger charge is -2.11. The number of nitrogens with one attached hydrogen (secondary N) is 1. The molecule has 0 fully saturated rings. The third kappa shape index (κ3) is 3.97. The molecular weight excluding hydrogens is 408 g/mol. The van der Waals surface area contributed by atoms with E-state index in [4.69, 9.17) is 13.9 Å². The number of carbonyl (C=O) groups is 2. The molecule has 0 saturated carbocycles. The summed E-state index contributed by atoms with van der Waals surface area (Å²) in [4.78, 5) is 25.5. The van der Waals surface area contributed by atoms with Gasteiger partial charge in [-0.05, 0) is 35.9 Å². The molecule has 1 aliphatic rings. The number of ether oxygens (including phenoxy) is 2. The SMILES string of the molecule is O=C(Cn1cc(C(=O)c2ccco2)c2ccccc21)NCc1ccc2c(c1)OCCCO2. The van der Waals surface area contributed by atoms with Crippen LogP contribution in [0.1, 0.15) is 28.1 Å². The fourth-order valence-electron chi connectivity index (χ4n) is 3.83. The summed E-state index contributed by atoms with van der Waals surface area (Å²) in [6.45, 7) is 1.71. The van der Waals surface area contributed by atoms with E-state index < -0.39 is 0 Å². The van der Waals surface area contributed by atoms with Crippen molar-refractivity contribution in [3.8, 4) is 11.5 Å². The highest BCUT2D eigenvalue weighted by Crippen LogP contribution is 2.30. The third-order valence-electron chi connectivity index (χ3n) is 5.39. The van der Waals surface area contributed by atoms with Gasteiger partial charge in [0.25, 0.3) is 0 Å². The lowest BCUT2D eigenvalue weighted by atomic mass is 10.1. The van der Waals surface area contributed by atoms with Gasteiger partial charge in [-0.3, -0.25) is 9.59 Å². The minimum Gasteiger partial charge on any atom is -0.490 e. The maximum atomic E-state index is 12.8. The Morgan fingerprint density at radius 2 is 1.81 bits per heavy atom. The van der Waals surface area contributed by atoms with E-state index in [9.17, 15) is 9.59 Å². The molecule has 0 spiro atoms. The van der Waals surface area contributed by atoms with Crippen LogP contribution in [0.3, 0.4) is 0 Å². The lowest BCUT2D eigenvalue weighted by molar-refractivity contribution is -0.121. The van der Waals surface area contributed by atoms with E-state index in [1.807, 2.05) is 42.5 Å². The molecule has 0 radical (unpaired) electrons. The molecule has 5 rings (SSSR count). The van der Waals surface area contributed by atoms with Crippen LogP contribution in [0.15, 0.2) is 71.5 Å². The van der Waals surface area contributed by atoms with Crippen molar-refractivity contribution in [2.24, 2.45) is 0 Å². The van der Waals surface area contributed by atoms with Crippen LogP contribution in [-0.4, -0.2) is 29.5 Å². The number of amides is 1. The molecule has 0 unspecified atom stereocenters. The summed E-state index contributed by atoms with van der Waals surface area (Å²) >= 11 is 0. The zero-order valence-corrected chi connectivity index (χ0v) is 17.4. The molecule has 162 valence electrons. The van der Waals surface area contributed by atoms with Crippen LogP contribution in [0.2, 0.25) is 0 Å². The molecule has 2 aromatic carbocycles. The van der Waals surface area contributed by atoms with Crippen molar-refractivity contribution in [1.29, 1.82) is 0 Å². The molecule has 0 aliphatic carbocycles. The van der Waals surface area contributed by atoms with Crippen LogP contribution in [0.25, 0.3) is 10.9 Å². The molecule has 2 aromatic heterocycles. The monoisotopic (exact) mass is 430 g/mol. The predicted octanol–water partition coefficient (Wildman–Crippen LogP) is 3.94. The Hall–Kier alpha value is -4.00. The van der Waals surface area contributed by atoms with Crippen LogP contribution in [0.4, 0.5) is 0 Å². The maximum Gasteiger partial charge on any atom is 0.240 e. The van der Waals surface area contributed by atoms with E-state index >= 15 is 0 Å². The Morgan fingerprint density at radius 3 is 2.66 bits per heavy atom. The van der Waals surface area contributed by atoms with Crippen molar-refractivity contribution < 1.29 is 23.5 Å². The molecule has 32 heavy (non-hydrogen) atoms. The zero-order chi connectivity index (χ0) is 21.9. The minimum absolute atomic E-state index is 0.0937. The highest BCUT2D eigenvalue weighted by atomic mass is 16.5. The molecule has 0 atom stereocenters. The van der Waals surface area contributed by atoms with Crippen molar-refractivity contribution in [3.63, 3.8) is 0 Å². The number of fused-ring (bicyclic) bond motifs is 2. The number of para-hydroxylation sites is 1. The van der Waals surface area contributed by atoms with Crippen LogP contribution < -0.4 is 14.8 Å². The normalized spacial score (nSPS) is 13.0. The molecule has 4 aromatic rings. The van der Waals surface area contributed by atoms with Crippen molar-refractivity contribution in [2.75, 3.05) is 13.2 Å². The number of ketones is 1. The molecule has 3 heterocycles. The average molecular weight is 430 g/mol. The first-order valence-corrected chi connectivity index (χ1v) is 10.5. The molecule has 1 aliphatic heterocycles. The molecule has 7 nitrogen and oxygen atoms in total. The predicted molar refractivity (Wildman–Crippen MR) is 118 cm³/mol. The average Bonchev–Trinajstić information content (AvgIpc) is 3.41. The van der Waals surface area contributed by atoms with Gasteiger partial charge in [0.15, 0.2) is 17.3 Å². The van der Waals surface area contributed by atoms with E-state index in [2.05, 4.69) is 5.32 Å². The van der Waals surface area contributed by atoms with Crippen LogP contribution in [0.5, 0.6) is 11.5 Å². The number of benzene rings is 2. The Bertz CT molecular complexity index is 1270. The lowest BCUT2D eigenvalue weighted by Crippen LogP contribution is -2.26. The van der Waals surface area contributed by atoms with E-state index in [1.165, 1.54) is 6.26 Å². The van der Waals surface area contributed by atoms with Gasteiger partial charge in [0.05, 0.1) is 25.0 Å². The second-order valence-corrected chi connectivity index (χ2v) is 7.60.